The van der Waals surface area contributed by atoms with Gasteiger partial charge in [-0.05, 0) is 56.2 Å². The lowest BCUT2D eigenvalue weighted by molar-refractivity contribution is 0.0687. The van der Waals surface area contributed by atoms with Crippen molar-refractivity contribution in [3.05, 3.63) is 83.3 Å². The summed E-state index contributed by atoms with van der Waals surface area (Å²) in [5.74, 6) is 0.0861. The zero-order valence-electron chi connectivity index (χ0n) is 17.4. The molecule has 0 radical (unpaired) electrons. The van der Waals surface area contributed by atoms with Crippen molar-refractivity contribution in [2.45, 2.75) is 32.4 Å². The van der Waals surface area contributed by atoms with Crippen LogP contribution in [0.2, 0.25) is 5.02 Å². The molecule has 1 atom stereocenters. The number of anilines is 1. The van der Waals surface area contributed by atoms with Gasteiger partial charge in [0.25, 0.3) is 0 Å². The van der Waals surface area contributed by atoms with Crippen molar-refractivity contribution in [3.63, 3.8) is 0 Å². The number of nitrogens with one attached hydrogen (secondary N) is 1. The van der Waals surface area contributed by atoms with E-state index in [4.69, 9.17) is 11.6 Å². The molecule has 0 spiro atoms. The van der Waals surface area contributed by atoms with Crippen LogP contribution in [-0.4, -0.2) is 20.1 Å². The van der Waals surface area contributed by atoms with Crippen molar-refractivity contribution in [1.82, 2.24) is 15.0 Å². The summed E-state index contributed by atoms with van der Waals surface area (Å²) in [6.07, 6.45) is 4.99. The zero-order chi connectivity index (χ0) is 22.2. The lowest BCUT2D eigenvalue weighted by atomic mass is 10.0. The van der Waals surface area contributed by atoms with Gasteiger partial charge in [-0.15, -0.1) is 0 Å². The van der Waals surface area contributed by atoms with Crippen LogP contribution in [-0.2, 0) is 5.60 Å². The summed E-state index contributed by atoms with van der Waals surface area (Å²) in [7, 11) is 0. The maximum atomic E-state index is 13.3. The van der Waals surface area contributed by atoms with E-state index in [1.54, 1.807) is 44.6 Å². The van der Waals surface area contributed by atoms with Gasteiger partial charge in [-0.25, -0.2) is 14.4 Å². The molecule has 2 heterocycles. The Morgan fingerprint density at radius 1 is 0.968 bits per heavy atom. The summed E-state index contributed by atoms with van der Waals surface area (Å²) in [4.78, 5) is 13.0. The minimum atomic E-state index is -1.10. The van der Waals surface area contributed by atoms with Crippen LogP contribution < -0.4 is 5.32 Å². The van der Waals surface area contributed by atoms with Gasteiger partial charge in [-0.3, -0.25) is 4.98 Å². The van der Waals surface area contributed by atoms with Crippen LogP contribution in [0.3, 0.4) is 0 Å². The molecule has 0 aliphatic carbocycles. The second-order valence-corrected chi connectivity index (χ2v) is 8.39. The molecule has 2 aromatic carbocycles. The average molecular weight is 437 g/mol. The fourth-order valence-corrected chi connectivity index (χ4v) is 3.54. The second-order valence-electron chi connectivity index (χ2n) is 7.99. The molecule has 1 unspecified atom stereocenters. The fourth-order valence-electron chi connectivity index (χ4n) is 3.34. The molecule has 0 amide bonds. The first-order valence-corrected chi connectivity index (χ1v) is 10.3. The number of rotatable bonds is 5. The lowest BCUT2D eigenvalue weighted by Gasteiger charge is -2.19. The largest absolute Gasteiger partial charge is 0.382 e. The number of halogens is 2. The van der Waals surface area contributed by atoms with Crippen LogP contribution in [0.5, 0.6) is 0 Å². The number of aliphatic hydroxyl groups is 1. The molecule has 158 valence electrons. The van der Waals surface area contributed by atoms with Gasteiger partial charge < -0.3 is 10.4 Å². The molecule has 2 aromatic heterocycles. The van der Waals surface area contributed by atoms with Gasteiger partial charge in [-0.1, -0.05) is 29.8 Å². The van der Waals surface area contributed by atoms with Gasteiger partial charge in [0, 0.05) is 35.6 Å². The first-order valence-electron chi connectivity index (χ1n) is 9.88. The van der Waals surface area contributed by atoms with Gasteiger partial charge >= 0.3 is 0 Å². The highest BCUT2D eigenvalue weighted by molar-refractivity contribution is 6.34. The third-order valence-corrected chi connectivity index (χ3v) is 5.37. The van der Waals surface area contributed by atoms with Crippen LogP contribution >= 0.6 is 11.6 Å². The Balaban J connectivity index is 1.72. The van der Waals surface area contributed by atoms with E-state index in [2.05, 4.69) is 20.3 Å². The molecule has 0 saturated carbocycles. The summed E-state index contributed by atoms with van der Waals surface area (Å²) in [5, 5.41) is 14.9. The standard InChI is InChI=1S/C24H22ClFN4O/c1-14(15-4-7-18(26)8-5-15)30-22-19-10-16(6-9-21(19)27-13-20(22)25)17-11-28-23(29-12-17)24(2,3)31/h4-14,31H,1-3H3,(H,27,30). The number of hydrogen-bond acceptors (Lipinski definition) is 5. The molecule has 2 N–H and O–H groups in total. The van der Waals surface area contributed by atoms with Gasteiger partial charge in [0.2, 0.25) is 0 Å². The average Bonchev–Trinajstić information content (AvgIpc) is 2.75. The molecule has 31 heavy (non-hydrogen) atoms. The molecule has 0 fully saturated rings. The Labute approximate surface area is 185 Å². The topological polar surface area (TPSA) is 70.9 Å². The number of hydrogen-bond donors (Lipinski definition) is 2. The van der Waals surface area contributed by atoms with E-state index in [0.29, 0.717) is 10.8 Å². The van der Waals surface area contributed by atoms with Crippen molar-refractivity contribution in [1.29, 1.82) is 0 Å². The molecule has 4 rings (SSSR count). The van der Waals surface area contributed by atoms with Gasteiger partial charge in [0.15, 0.2) is 5.82 Å². The molecular formula is C24H22ClFN4O. The Morgan fingerprint density at radius 3 is 2.29 bits per heavy atom. The highest BCUT2D eigenvalue weighted by Gasteiger charge is 2.19. The normalized spacial score (nSPS) is 12.7. The smallest absolute Gasteiger partial charge is 0.159 e. The summed E-state index contributed by atoms with van der Waals surface area (Å²) in [6.45, 7) is 5.28. The Bertz CT molecular complexity index is 1220. The monoisotopic (exact) mass is 436 g/mol. The van der Waals surface area contributed by atoms with Gasteiger partial charge in [0.1, 0.15) is 11.4 Å². The van der Waals surface area contributed by atoms with E-state index in [1.165, 1.54) is 12.1 Å². The van der Waals surface area contributed by atoms with Gasteiger partial charge in [-0.2, -0.15) is 0 Å². The molecule has 7 heteroatoms. The summed E-state index contributed by atoms with van der Waals surface area (Å²) in [6, 6.07) is 12.1. The molecule has 5 nitrogen and oxygen atoms in total. The van der Waals surface area contributed by atoms with E-state index in [1.807, 2.05) is 25.1 Å². The molecule has 4 aromatic rings. The number of aromatic nitrogens is 3. The summed E-state index contributed by atoms with van der Waals surface area (Å²) in [5.41, 5.74) is 3.08. The SMILES string of the molecule is CC(Nc1c(Cl)cnc2ccc(-c3cnc(C(C)(C)O)nc3)cc12)c1ccc(F)cc1. The van der Waals surface area contributed by atoms with Crippen molar-refractivity contribution < 1.29 is 9.50 Å². The number of nitrogens with zero attached hydrogens (tertiary/aromatic N) is 3. The number of fused-ring (bicyclic) bond motifs is 1. The predicted molar refractivity (Wildman–Crippen MR) is 121 cm³/mol. The zero-order valence-corrected chi connectivity index (χ0v) is 18.2. The second kappa shape index (κ2) is 8.21. The highest BCUT2D eigenvalue weighted by atomic mass is 35.5. The third-order valence-electron chi connectivity index (χ3n) is 5.08. The number of pyridine rings is 1. The third kappa shape index (κ3) is 4.50. The van der Waals surface area contributed by atoms with Crippen molar-refractivity contribution in [2.24, 2.45) is 0 Å². The predicted octanol–water partition coefficient (Wildman–Crippen LogP) is 5.88. The maximum absolute atomic E-state index is 13.3. The van der Waals surface area contributed by atoms with Crippen LogP contribution in [0.25, 0.3) is 22.0 Å². The van der Waals surface area contributed by atoms with E-state index in [9.17, 15) is 9.50 Å². The fraction of sp³-hybridized carbons (Fsp3) is 0.208. The molecule has 0 saturated heterocycles. The van der Waals surface area contributed by atoms with Crippen molar-refractivity contribution in [3.8, 4) is 11.1 Å². The van der Waals surface area contributed by atoms with E-state index >= 15 is 0 Å². The lowest BCUT2D eigenvalue weighted by Crippen LogP contribution is -2.19. The number of benzene rings is 2. The first kappa shape index (κ1) is 21.2. The van der Waals surface area contributed by atoms with Crippen LogP contribution in [0, 0.1) is 5.82 Å². The van der Waals surface area contributed by atoms with Gasteiger partial charge in [0.05, 0.1) is 16.2 Å². The Morgan fingerprint density at radius 2 is 1.65 bits per heavy atom. The van der Waals surface area contributed by atoms with Crippen molar-refractivity contribution in [2.75, 3.05) is 5.32 Å². The molecular weight excluding hydrogens is 415 g/mol. The van der Waals surface area contributed by atoms with E-state index in [0.717, 1.165) is 33.3 Å². The summed E-state index contributed by atoms with van der Waals surface area (Å²) >= 11 is 6.49. The first-order chi connectivity index (χ1) is 14.7. The Hall–Kier alpha value is -3.09. The van der Waals surface area contributed by atoms with Crippen LogP contribution in [0.15, 0.2) is 61.1 Å². The minimum absolute atomic E-state index is 0.0956. The van der Waals surface area contributed by atoms with E-state index in [-0.39, 0.29) is 11.9 Å². The minimum Gasteiger partial charge on any atom is -0.382 e. The summed E-state index contributed by atoms with van der Waals surface area (Å²) < 4.78 is 13.3. The molecule has 0 aliphatic heterocycles. The van der Waals surface area contributed by atoms with Crippen LogP contribution in [0.1, 0.15) is 38.2 Å². The van der Waals surface area contributed by atoms with Crippen LogP contribution in [0.4, 0.5) is 10.1 Å². The van der Waals surface area contributed by atoms with E-state index < -0.39 is 5.60 Å². The molecule has 0 aliphatic rings. The quantitative estimate of drug-likeness (QED) is 0.408. The van der Waals surface area contributed by atoms with Crippen molar-refractivity contribution >= 4 is 28.2 Å². The highest BCUT2D eigenvalue weighted by Crippen LogP contribution is 2.35. The Kier molecular flexibility index (Phi) is 5.60. The maximum Gasteiger partial charge on any atom is 0.159 e. The molecule has 0 bridgehead atoms.